The zero-order chi connectivity index (χ0) is 33.4. The third-order valence-corrected chi connectivity index (χ3v) is 10.7. The van der Waals surface area contributed by atoms with Crippen LogP contribution in [0.4, 0.5) is 5.69 Å². The average Bonchev–Trinajstić information content (AvgIpc) is 3.07. The number of sulfonamides is 1. The Hall–Kier alpha value is -4.14. The van der Waals surface area contributed by atoms with Crippen molar-refractivity contribution in [2.24, 2.45) is 0 Å². The van der Waals surface area contributed by atoms with Crippen LogP contribution in [0.2, 0.25) is 5.02 Å². The number of anilines is 1. The number of rotatable bonds is 12. The van der Waals surface area contributed by atoms with Crippen molar-refractivity contribution in [1.82, 2.24) is 10.2 Å². The lowest BCUT2D eigenvalue weighted by molar-refractivity contribution is -0.140. The molecule has 1 saturated carbocycles. The smallest absolute Gasteiger partial charge is 0.264 e. The molecule has 0 unspecified atom stereocenters. The largest absolute Gasteiger partial charge is 0.352 e. The maximum Gasteiger partial charge on any atom is 0.264 e. The molecule has 4 aromatic rings. The second-order valence-electron chi connectivity index (χ2n) is 12.4. The molecular weight excluding hydrogens is 630 g/mol. The maximum atomic E-state index is 14.6. The summed E-state index contributed by atoms with van der Waals surface area (Å²) in [4.78, 5) is 30.4. The van der Waals surface area contributed by atoms with Crippen LogP contribution < -0.4 is 9.62 Å². The number of halogens is 1. The fraction of sp³-hybridized carbons (Fsp3) is 0.316. The SMILES string of the molecule is Cc1ccc(CN(C(=O)CN(c2ccc(Cl)cc2)S(=O)(=O)c2ccc(C)cc2)[C@H](Cc2ccccc2)C(=O)NC2CCCCC2)cc1. The van der Waals surface area contributed by atoms with Crippen LogP contribution in [0.15, 0.2) is 108 Å². The number of nitrogens with one attached hydrogen (secondary N) is 1. The Morgan fingerprint density at radius 1 is 0.787 bits per heavy atom. The molecule has 0 bridgehead atoms. The summed E-state index contributed by atoms with van der Waals surface area (Å²) in [6.07, 6.45) is 5.32. The van der Waals surface area contributed by atoms with Crippen molar-refractivity contribution in [2.75, 3.05) is 10.8 Å². The van der Waals surface area contributed by atoms with Crippen LogP contribution in [-0.2, 0) is 32.6 Å². The molecule has 1 fully saturated rings. The molecule has 1 aliphatic carbocycles. The van der Waals surface area contributed by atoms with E-state index in [9.17, 15) is 18.0 Å². The van der Waals surface area contributed by atoms with E-state index in [1.54, 1.807) is 41.3 Å². The summed E-state index contributed by atoms with van der Waals surface area (Å²) in [7, 11) is -4.18. The number of aryl methyl sites for hydroxylation is 2. The normalized spacial score (nSPS) is 14.3. The van der Waals surface area contributed by atoms with E-state index in [2.05, 4.69) is 5.32 Å². The van der Waals surface area contributed by atoms with Gasteiger partial charge in [0.1, 0.15) is 12.6 Å². The molecule has 0 radical (unpaired) electrons. The van der Waals surface area contributed by atoms with Crippen LogP contribution in [0.5, 0.6) is 0 Å². The Morgan fingerprint density at radius 3 is 2.00 bits per heavy atom. The molecule has 246 valence electrons. The van der Waals surface area contributed by atoms with Crippen LogP contribution in [0.3, 0.4) is 0 Å². The Bertz CT molecular complexity index is 1740. The molecule has 1 aliphatic rings. The number of carbonyl (C=O) groups excluding carboxylic acids is 2. The molecule has 4 aromatic carbocycles. The molecule has 1 N–H and O–H groups in total. The molecule has 0 heterocycles. The zero-order valence-electron chi connectivity index (χ0n) is 26.9. The zero-order valence-corrected chi connectivity index (χ0v) is 28.5. The topological polar surface area (TPSA) is 86.8 Å². The quantitative estimate of drug-likeness (QED) is 0.172. The van der Waals surface area contributed by atoms with Gasteiger partial charge in [-0.15, -0.1) is 0 Å². The first kappa shape index (κ1) is 34.2. The number of hydrogen-bond donors (Lipinski definition) is 1. The Balaban J connectivity index is 1.55. The van der Waals surface area contributed by atoms with Gasteiger partial charge in [-0.1, -0.05) is 109 Å². The van der Waals surface area contributed by atoms with Crippen LogP contribution in [0.25, 0.3) is 0 Å². The van der Waals surface area contributed by atoms with Gasteiger partial charge in [0, 0.05) is 24.0 Å². The lowest BCUT2D eigenvalue weighted by Crippen LogP contribution is -2.55. The van der Waals surface area contributed by atoms with Crippen molar-refractivity contribution in [1.29, 1.82) is 0 Å². The number of carbonyl (C=O) groups is 2. The van der Waals surface area contributed by atoms with Crippen molar-refractivity contribution in [3.63, 3.8) is 0 Å². The highest BCUT2D eigenvalue weighted by molar-refractivity contribution is 7.92. The molecule has 9 heteroatoms. The van der Waals surface area contributed by atoms with Gasteiger partial charge in [-0.3, -0.25) is 13.9 Å². The summed E-state index contributed by atoms with van der Waals surface area (Å²) in [5.41, 5.74) is 4.02. The van der Waals surface area contributed by atoms with E-state index in [0.29, 0.717) is 10.7 Å². The van der Waals surface area contributed by atoms with E-state index in [4.69, 9.17) is 11.6 Å². The van der Waals surface area contributed by atoms with Crippen molar-refractivity contribution < 1.29 is 18.0 Å². The highest BCUT2D eigenvalue weighted by Crippen LogP contribution is 2.27. The Labute approximate surface area is 283 Å². The molecule has 2 amide bonds. The molecule has 7 nitrogen and oxygen atoms in total. The minimum absolute atomic E-state index is 0.0401. The summed E-state index contributed by atoms with van der Waals surface area (Å²) in [6, 6.07) is 29.5. The molecule has 0 saturated heterocycles. The van der Waals surface area contributed by atoms with Crippen molar-refractivity contribution >= 4 is 39.1 Å². The highest BCUT2D eigenvalue weighted by Gasteiger charge is 2.35. The summed E-state index contributed by atoms with van der Waals surface area (Å²) in [5.74, 6) is -0.725. The first-order valence-electron chi connectivity index (χ1n) is 16.1. The third kappa shape index (κ3) is 9.02. The molecule has 0 aliphatic heterocycles. The molecule has 0 aromatic heterocycles. The number of benzene rings is 4. The van der Waals surface area contributed by atoms with Crippen molar-refractivity contribution in [3.8, 4) is 0 Å². The molecule has 0 spiro atoms. The van der Waals surface area contributed by atoms with Gasteiger partial charge in [0.05, 0.1) is 10.6 Å². The number of nitrogens with zero attached hydrogens (tertiary/aromatic N) is 2. The predicted octanol–water partition coefficient (Wildman–Crippen LogP) is 7.24. The predicted molar refractivity (Wildman–Crippen MR) is 188 cm³/mol. The van der Waals surface area contributed by atoms with E-state index in [1.165, 1.54) is 12.1 Å². The minimum Gasteiger partial charge on any atom is -0.352 e. The van der Waals surface area contributed by atoms with E-state index >= 15 is 0 Å². The summed E-state index contributed by atoms with van der Waals surface area (Å²) >= 11 is 6.17. The van der Waals surface area contributed by atoms with E-state index in [1.807, 2.05) is 68.4 Å². The molecule has 5 rings (SSSR count). The van der Waals surface area contributed by atoms with Gasteiger partial charge in [0.2, 0.25) is 11.8 Å². The van der Waals surface area contributed by atoms with Gasteiger partial charge >= 0.3 is 0 Å². The lowest BCUT2D eigenvalue weighted by Gasteiger charge is -2.35. The minimum atomic E-state index is -4.18. The fourth-order valence-electron chi connectivity index (χ4n) is 5.96. The number of amides is 2. The van der Waals surface area contributed by atoms with Gasteiger partial charge < -0.3 is 10.2 Å². The fourth-order valence-corrected chi connectivity index (χ4v) is 7.50. The average molecular weight is 672 g/mol. The van der Waals surface area contributed by atoms with E-state index in [-0.39, 0.29) is 29.8 Å². The first-order chi connectivity index (χ1) is 22.6. The standard InChI is InChI=1S/C38H42ClN3O4S/c1-28-13-17-31(18-14-28)26-41(36(25-30-9-5-3-6-10-30)38(44)40-33-11-7-4-8-12-33)37(43)27-42(34-21-19-32(39)20-22-34)47(45,46)35-23-15-29(2)16-24-35/h3,5-6,9-10,13-24,33,36H,4,7-8,11-12,25-27H2,1-2H3,(H,40,44)/t36-/m1/s1. The first-order valence-corrected chi connectivity index (χ1v) is 18.0. The second kappa shape index (κ2) is 15.6. The van der Waals surface area contributed by atoms with Crippen molar-refractivity contribution in [2.45, 2.75) is 75.9 Å². The van der Waals surface area contributed by atoms with Crippen LogP contribution in [-0.4, -0.2) is 43.8 Å². The summed E-state index contributed by atoms with van der Waals surface area (Å²) in [5, 5.41) is 3.68. The Morgan fingerprint density at radius 2 is 1.38 bits per heavy atom. The van der Waals surface area contributed by atoms with Crippen LogP contribution in [0, 0.1) is 13.8 Å². The highest BCUT2D eigenvalue weighted by atomic mass is 35.5. The van der Waals surface area contributed by atoms with Crippen LogP contribution in [0.1, 0.15) is 54.4 Å². The van der Waals surface area contributed by atoms with Gasteiger partial charge in [-0.25, -0.2) is 8.42 Å². The summed E-state index contributed by atoms with van der Waals surface area (Å²) < 4.78 is 29.5. The van der Waals surface area contributed by atoms with Gasteiger partial charge in [0.15, 0.2) is 0 Å². The lowest BCUT2D eigenvalue weighted by atomic mass is 9.94. The molecule has 1 atom stereocenters. The number of hydrogen-bond acceptors (Lipinski definition) is 4. The monoisotopic (exact) mass is 671 g/mol. The van der Waals surface area contributed by atoms with Gasteiger partial charge in [0.25, 0.3) is 10.0 Å². The molecular formula is C38H42ClN3O4S. The third-order valence-electron chi connectivity index (χ3n) is 8.70. The van der Waals surface area contributed by atoms with Gasteiger partial charge in [-0.2, -0.15) is 0 Å². The van der Waals surface area contributed by atoms with E-state index < -0.39 is 28.5 Å². The van der Waals surface area contributed by atoms with Gasteiger partial charge in [-0.05, 0) is 74.2 Å². The second-order valence-corrected chi connectivity index (χ2v) is 14.7. The molecule has 47 heavy (non-hydrogen) atoms. The Kier molecular flexibility index (Phi) is 11.4. The van der Waals surface area contributed by atoms with Crippen molar-refractivity contribution in [3.05, 3.63) is 130 Å². The van der Waals surface area contributed by atoms with Crippen LogP contribution >= 0.6 is 11.6 Å². The maximum absolute atomic E-state index is 14.6. The summed E-state index contributed by atoms with van der Waals surface area (Å²) in [6.45, 7) is 3.49. The van der Waals surface area contributed by atoms with E-state index in [0.717, 1.165) is 58.7 Å².